The number of aliphatic hydroxyl groups excluding tert-OH is 2. The topological polar surface area (TPSA) is 145 Å². The third-order valence-electron chi connectivity index (χ3n) is 5.85. The Bertz CT molecular complexity index is 753. The van der Waals surface area contributed by atoms with Gasteiger partial charge in [-0.3, -0.25) is 9.69 Å². The van der Waals surface area contributed by atoms with Gasteiger partial charge in [0.1, 0.15) is 0 Å². The van der Waals surface area contributed by atoms with E-state index in [-0.39, 0.29) is 11.9 Å². The highest BCUT2D eigenvalue weighted by Gasteiger charge is 2.49. The molecule has 2 heterocycles. The Morgan fingerprint density at radius 1 is 1.07 bits per heavy atom. The molecule has 9 nitrogen and oxygen atoms in total. The van der Waals surface area contributed by atoms with Crippen LogP contribution in [0.4, 0.5) is 0 Å². The minimum atomic E-state index is -2.27. The van der Waals surface area contributed by atoms with Crippen molar-refractivity contribution in [3.05, 3.63) is 33.4 Å². The van der Waals surface area contributed by atoms with E-state index in [1.807, 2.05) is 0 Å². The number of ether oxygens (including phenoxy) is 1. The first kappa shape index (κ1) is 24.5. The van der Waals surface area contributed by atoms with Crippen LogP contribution in [0.2, 0.25) is 0 Å². The Balaban J connectivity index is 0.000000274. The maximum Gasteiger partial charge on any atom is 0.335 e. The summed E-state index contributed by atoms with van der Waals surface area (Å²) in [5.74, 6) is -3.31. The Labute approximate surface area is 187 Å². The predicted molar refractivity (Wildman–Crippen MR) is 114 cm³/mol. The van der Waals surface area contributed by atoms with Crippen LogP contribution in [0.3, 0.4) is 0 Å². The van der Waals surface area contributed by atoms with Gasteiger partial charge in [0, 0.05) is 21.6 Å². The fourth-order valence-corrected chi connectivity index (χ4v) is 4.61. The van der Waals surface area contributed by atoms with Crippen LogP contribution in [0.5, 0.6) is 0 Å². The second-order valence-electron chi connectivity index (χ2n) is 7.47. The van der Waals surface area contributed by atoms with Gasteiger partial charge >= 0.3 is 17.9 Å². The molecule has 4 N–H and O–H groups in total. The van der Waals surface area contributed by atoms with Gasteiger partial charge in [-0.15, -0.1) is 0 Å². The van der Waals surface area contributed by atoms with Crippen molar-refractivity contribution in [1.29, 1.82) is 0 Å². The maximum atomic E-state index is 12.3. The van der Waals surface area contributed by atoms with Crippen molar-refractivity contribution in [2.24, 2.45) is 5.92 Å². The first-order valence-electron chi connectivity index (χ1n) is 9.45. The van der Waals surface area contributed by atoms with E-state index in [9.17, 15) is 14.4 Å². The Morgan fingerprint density at radius 3 is 2.07 bits per heavy atom. The third-order valence-corrected chi connectivity index (χ3v) is 6.56. The van der Waals surface area contributed by atoms with Crippen LogP contribution in [-0.4, -0.2) is 81.7 Å². The summed E-state index contributed by atoms with van der Waals surface area (Å²) < 4.78 is 6.33. The number of hydrogen-bond acceptors (Lipinski definition) is 7. The first-order chi connectivity index (χ1) is 14.1. The van der Waals surface area contributed by atoms with E-state index in [0.29, 0.717) is 18.0 Å². The number of rotatable bonds is 5. The summed E-state index contributed by atoms with van der Waals surface area (Å²) in [4.78, 5) is 34.2. The summed E-state index contributed by atoms with van der Waals surface area (Å²) in [6.07, 6.45) is -1.15. The van der Waals surface area contributed by atoms with Gasteiger partial charge in [-0.05, 0) is 66.6 Å². The largest absolute Gasteiger partial charge is 0.479 e. The molecule has 2 bridgehead atoms. The average Bonchev–Trinajstić information content (AvgIpc) is 2.95. The number of carboxylic acids is 2. The number of aliphatic hydroxyl groups is 2. The number of piperidine rings is 1. The van der Waals surface area contributed by atoms with Crippen LogP contribution in [0.25, 0.3) is 0 Å². The summed E-state index contributed by atoms with van der Waals surface area (Å²) in [6.45, 7) is 0. The lowest BCUT2D eigenvalue weighted by atomic mass is 9.76. The average molecular weight is 535 g/mol. The molecule has 0 aromatic heterocycles. The molecule has 30 heavy (non-hydrogen) atoms. The SMILES string of the molecule is COC(=O)[C@@H]1C2CCC(C[C@@H]1c1ccc(I)cc1)N2C.O=C(O)C(O)C(O)C(=O)O. The molecule has 0 spiro atoms. The standard InChI is InChI=1S/C16H20INO2.C4H6O6/c1-18-12-7-8-14(18)15(16(19)20-2)13(9-12)10-3-5-11(17)6-4-10;5-1(3(7)8)2(6)4(9)10/h3-6,12-15H,7-9H2,1-2H3;1-2,5-6H,(H,7,8)(H,9,10)/t12?,13-,14?,15+;/m1./s1. The number of esters is 1. The fourth-order valence-electron chi connectivity index (χ4n) is 4.25. The lowest BCUT2D eigenvalue weighted by Gasteiger charge is -2.41. The number of carbonyl (C=O) groups is 3. The minimum absolute atomic E-state index is 0.0242. The summed E-state index contributed by atoms with van der Waals surface area (Å²) >= 11 is 2.32. The summed E-state index contributed by atoms with van der Waals surface area (Å²) in [5, 5.41) is 32.5. The molecule has 0 saturated carbocycles. The number of benzene rings is 1. The molecule has 1 aromatic carbocycles. The normalized spacial score (nSPS) is 27.4. The second kappa shape index (κ2) is 10.5. The van der Waals surface area contributed by atoms with Gasteiger partial charge < -0.3 is 25.2 Å². The lowest BCUT2D eigenvalue weighted by Crippen LogP contribution is -2.49. The number of fused-ring (bicyclic) bond motifs is 2. The summed E-state index contributed by atoms with van der Waals surface area (Å²) in [6, 6.07) is 9.56. The molecule has 1 aromatic rings. The van der Waals surface area contributed by atoms with E-state index in [1.54, 1.807) is 0 Å². The summed E-state index contributed by atoms with van der Waals surface area (Å²) in [5.41, 5.74) is 1.28. The molecule has 2 fully saturated rings. The van der Waals surface area contributed by atoms with Crippen LogP contribution in [0, 0.1) is 9.49 Å². The number of carbonyl (C=O) groups excluding carboxylic acids is 1. The highest BCUT2D eigenvalue weighted by Crippen LogP contribution is 2.46. The number of carboxylic acid groups (broad SMARTS) is 2. The van der Waals surface area contributed by atoms with Crippen LogP contribution >= 0.6 is 22.6 Å². The molecule has 2 aliphatic heterocycles. The van der Waals surface area contributed by atoms with Crippen LogP contribution in [-0.2, 0) is 19.1 Å². The highest BCUT2D eigenvalue weighted by atomic mass is 127. The van der Waals surface area contributed by atoms with Crippen molar-refractivity contribution >= 4 is 40.5 Å². The van der Waals surface area contributed by atoms with E-state index < -0.39 is 24.1 Å². The van der Waals surface area contributed by atoms with Crippen molar-refractivity contribution in [1.82, 2.24) is 4.90 Å². The molecular weight excluding hydrogens is 509 g/mol. The van der Waals surface area contributed by atoms with Gasteiger partial charge in [-0.1, -0.05) is 12.1 Å². The Hall–Kier alpha value is -1.76. The molecule has 6 atom stereocenters. The molecule has 2 aliphatic rings. The Kier molecular flexibility index (Phi) is 8.59. The number of methoxy groups -OCH3 is 1. The van der Waals surface area contributed by atoms with Crippen molar-refractivity contribution in [2.45, 2.75) is 49.5 Å². The third kappa shape index (κ3) is 5.48. The molecule has 0 amide bonds. The second-order valence-corrected chi connectivity index (χ2v) is 8.72. The quantitative estimate of drug-likeness (QED) is 0.320. The molecular formula is C20H26INO8. The molecule has 0 aliphatic carbocycles. The van der Waals surface area contributed by atoms with Gasteiger partial charge in [0.25, 0.3) is 0 Å². The van der Waals surface area contributed by atoms with E-state index in [2.05, 4.69) is 58.8 Å². The van der Waals surface area contributed by atoms with E-state index in [0.717, 1.165) is 12.8 Å². The van der Waals surface area contributed by atoms with E-state index >= 15 is 0 Å². The molecule has 3 rings (SSSR count). The number of nitrogens with zero attached hydrogens (tertiary/aromatic N) is 1. The number of halogens is 1. The molecule has 4 unspecified atom stereocenters. The smallest absolute Gasteiger partial charge is 0.335 e. The molecule has 10 heteroatoms. The Morgan fingerprint density at radius 2 is 1.60 bits per heavy atom. The first-order valence-corrected chi connectivity index (χ1v) is 10.5. The van der Waals surface area contributed by atoms with E-state index in [1.165, 1.54) is 22.7 Å². The zero-order chi connectivity index (χ0) is 22.6. The van der Waals surface area contributed by atoms with Crippen molar-refractivity contribution < 1.29 is 39.5 Å². The van der Waals surface area contributed by atoms with Crippen molar-refractivity contribution in [3.63, 3.8) is 0 Å². The molecule has 2 saturated heterocycles. The maximum absolute atomic E-state index is 12.3. The molecule has 166 valence electrons. The van der Waals surface area contributed by atoms with Gasteiger partial charge in [-0.2, -0.15) is 0 Å². The lowest BCUT2D eigenvalue weighted by molar-refractivity contribution is -0.165. The number of aliphatic carboxylic acids is 2. The van der Waals surface area contributed by atoms with Gasteiger partial charge in [-0.25, -0.2) is 9.59 Å². The summed E-state index contributed by atoms with van der Waals surface area (Å²) in [7, 11) is 3.66. The minimum Gasteiger partial charge on any atom is -0.479 e. The van der Waals surface area contributed by atoms with Crippen LogP contribution in [0.1, 0.15) is 30.7 Å². The van der Waals surface area contributed by atoms with Crippen molar-refractivity contribution in [2.75, 3.05) is 14.2 Å². The number of hydrogen-bond donors (Lipinski definition) is 4. The van der Waals surface area contributed by atoms with Gasteiger partial charge in [0.15, 0.2) is 12.2 Å². The zero-order valence-electron chi connectivity index (χ0n) is 16.6. The fraction of sp³-hybridized carbons (Fsp3) is 0.550. The van der Waals surface area contributed by atoms with Crippen molar-refractivity contribution in [3.8, 4) is 0 Å². The molecule has 0 radical (unpaired) electrons. The van der Waals surface area contributed by atoms with E-state index in [4.69, 9.17) is 25.2 Å². The van der Waals surface area contributed by atoms with Crippen LogP contribution < -0.4 is 0 Å². The van der Waals surface area contributed by atoms with Gasteiger partial charge in [0.2, 0.25) is 0 Å². The highest BCUT2D eigenvalue weighted by molar-refractivity contribution is 14.1. The van der Waals surface area contributed by atoms with Gasteiger partial charge in [0.05, 0.1) is 13.0 Å². The predicted octanol–water partition coefficient (Wildman–Crippen LogP) is 0.908. The van der Waals surface area contributed by atoms with Crippen LogP contribution in [0.15, 0.2) is 24.3 Å². The monoisotopic (exact) mass is 535 g/mol. The zero-order valence-corrected chi connectivity index (χ0v) is 18.8.